The van der Waals surface area contributed by atoms with Crippen molar-refractivity contribution in [1.29, 1.82) is 0 Å². The van der Waals surface area contributed by atoms with Crippen LogP contribution in [-0.4, -0.2) is 24.4 Å². The molecule has 0 aromatic heterocycles. The predicted molar refractivity (Wildman–Crippen MR) is 57.6 cm³/mol. The SMILES string of the molecule is COC(C)C(O)Cc1ccc(C(F)(F)F)cc1. The van der Waals surface area contributed by atoms with E-state index in [0.717, 1.165) is 12.1 Å². The van der Waals surface area contributed by atoms with Gasteiger partial charge in [0.05, 0.1) is 17.8 Å². The van der Waals surface area contributed by atoms with Crippen molar-refractivity contribution < 1.29 is 23.0 Å². The lowest BCUT2D eigenvalue weighted by molar-refractivity contribution is -0.137. The molecule has 0 saturated carbocycles. The van der Waals surface area contributed by atoms with Crippen molar-refractivity contribution in [2.45, 2.75) is 31.7 Å². The topological polar surface area (TPSA) is 29.5 Å². The van der Waals surface area contributed by atoms with Gasteiger partial charge in [-0.3, -0.25) is 0 Å². The molecule has 17 heavy (non-hydrogen) atoms. The summed E-state index contributed by atoms with van der Waals surface area (Å²) in [6, 6.07) is 4.77. The maximum absolute atomic E-state index is 12.3. The molecule has 1 rings (SSSR count). The first-order valence-electron chi connectivity index (χ1n) is 5.21. The number of aliphatic hydroxyl groups is 1. The fourth-order valence-electron chi connectivity index (χ4n) is 1.39. The molecule has 2 nitrogen and oxygen atoms in total. The second kappa shape index (κ2) is 5.51. The fourth-order valence-corrected chi connectivity index (χ4v) is 1.39. The van der Waals surface area contributed by atoms with Gasteiger partial charge in [0.15, 0.2) is 0 Å². The summed E-state index contributed by atoms with van der Waals surface area (Å²) in [5.41, 5.74) is -0.0371. The van der Waals surface area contributed by atoms with E-state index in [9.17, 15) is 18.3 Å². The maximum Gasteiger partial charge on any atom is 0.416 e. The molecular weight excluding hydrogens is 233 g/mol. The zero-order valence-corrected chi connectivity index (χ0v) is 9.66. The third kappa shape index (κ3) is 4.02. The summed E-state index contributed by atoms with van der Waals surface area (Å²) in [4.78, 5) is 0. The minimum Gasteiger partial charge on any atom is -0.390 e. The lowest BCUT2D eigenvalue weighted by Gasteiger charge is -2.17. The largest absolute Gasteiger partial charge is 0.416 e. The van der Waals surface area contributed by atoms with Crippen LogP contribution in [0.2, 0.25) is 0 Å². The van der Waals surface area contributed by atoms with E-state index in [4.69, 9.17) is 4.74 Å². The Kier molecular flexibility index (Phi) is 4.54. The molecule has 0 aliphatic carbocycles. The van der Waals surface area contributed by atoms with Gasteiger partial charge in [0, 0.05) is 13.5 Å². The normalized spacial score (nSPS) is 15.6. The third-order valence-electron chi connectivity index (χ3n) is 2.64. The Hall–Kier alpha value is -1.07. The molecular formula is C12H15F3O2. The van der Waals surface area contributed by atoms with E-state index in [1.54, 1.807) is 6.92 Å². The summed E-state index contributed by atoms with van der Waals surface area (Å²) in [6.07, 6.45) is -5.13. The summed E-state index contributed by atoms with van der Waals surface area (Å²) >= 11 is 0. The Morgan fingerprint density at radius 3 is 2.18 bits per heavy atom. The van der Waals surface area contributed by atoms with Gasteiger partial charge < -0.3 is 9.84 Å². The number of halogens is 3. The molecule has 5 heteroatoms. The van der Waals surface area contributed by atoms with Crippen molar-refractivity contribution in [2.75, 3.05) is 7.11 Å². The van der Waals surface area contributed by atoms with Crippen LogP contribution in [0.15, 0.2) is 24.3 Å². The van der Waals surface area contributed by atoms with Crippen molar-refractivity contribution >= 4 is 0 Å². The number of alkyl halides is 3. The molecule has 0 heterocycles. The van der Waals surface area contributed by atoms with Gasteiger partial charge in [-0.25, -0.2) is 0 Å². The molecule has 0 fully saturated rings. The van der Waals surface area contributed by atoms with Crippen molar-refractivity contribution in [2.24, 2.45) is 0 Å². The highest BCUT2D eigenvalue weighted by Gasteiger charge is 2.30. The molecule has 2 unspecified atom stereocenters. The highest BCUT2D eigenvalue weighted by molar-refractivity contribution is 5.25. The predicted octanol–water partition coefficient (Wildman–Crippen LogP) is 2.64. The number of methoxy groups -OCH3 is 1. The summed E-state index contributed by atoms with van der Waals surface area (Å²) in [7, 11) is 1.47. The van der Waals surface area contributed by atoms with Gasteiger partial charge in [-0.05, 0) is 24.6 Å². The Labute approximate surface area is 98.0 Å². The van der Waals surface area contributed by atoms with Crippen LogP contribution >= 0.6 is 0 Å². The van der Waals surface area contributed by atoms with Crippen LogP contribution < -0.4 is 0 Å². The summed E-state index contributed by atoms with van der Waals surface area (Å²) in [6.45, 7) is 1.70. The molecule has 0 bridgehead atoms. The van der Waals surface area contributed by atoms with Gasteiger partial charge >= 0.3 is 6.18 Å². The van der Waals surface area contributed by atoms with Crippen molar-refractivity contribution in [3.8, 4) is 0 Å². The maximum atomic E-state index is 12.3. The van der Waals surface area contributed by atoms with Gasteiger partial charge in [0.1, 0.15) is 0 Å². The fraction of sp³-hybridized carbons (Fsp3) is 0.500. The van der Waals surface area contributed by atoms with Crippen LogP contribution in [0.4, 0.5) is 13.2 Å². The Morgan fingerprint density at radius 2 is 1.76 bits per heavy atom. The van der Waals surface area contributed by atoms with E-state index >= 15 is 0 Å². The van der Waals surface area contributed by atoms with E-state index < -0.39 is 17.8 Å². The molecule has 0 spiro atoms. The molecule has 0 aliphatic heterocycles. The van der Waals surface area contributed by atoms with E-state index in [-0.39, 0.29) is 12.5 Å². The van der Waals surface area contributed by atoms with Gasteiger partial charge in [-0.15, -0.1) is 0 Å². The average molecular weight is 248 g/mol. The Bertz CT molecular complexity index is 346. The molecule has 96 valence electrons. The third-order valence-corrected chi connectivity index (χ3v) is 2.64. The highest BCUT2D eigenvalue weighted by Crippen LogP contribution is 2.29. The van der Waals surface area contributed by atoms with Crippen LogP contribution in [0.3, 0.4) is 0 Å². The van der Waals surface area contributed by atoms with Crippen LogP contribution in [-0.2, 0) is 17.3 Å². The first kappa shape index (κ1) is 14.0. The van der Waals surface area contributed by atoms with Crippen LogP contribution in [0.25, 0.3) is 0 Å². The molecule has 1 aromatic rings. The van der Waals surface area contributed by atoms with Crippen molar-refractivity contribution in [3.63, 3.8) is 0 Å². The zero-order valence-electron chi connectivity index (χ0n) is 9.66. The lowest BCUT2D eigenvalue weighted by atomic mass is 10.0. The number of hydrogen-bond donors (Lipinski definition) is 1. The van der Waals surface area contributed by atoms with E-state index in [0.29, 0.717) is 5.56 Å². The summed E-state index contributed by atoms with van der Waals surface area (Å²) in [5.74, 6) is 0. The lowest BCUT2D eigenvalue weighted by Crippen LogP contribution is -2.26. The monoisotopic (exact) mass is 248 g/mol. The molecule has 0 amide bonds. The molecule has 0 aliphatic rings. The van der Waals surface area contributed by atoms with Gasteiger partial charge in [-0.1, -0.05) is 12.1 Å². The molecule has 1 N–H and O–H groups in total. The molecule has 0 saturated heterocycles. The zero-order chi connectivity index (χ0) is 13.1. The molecule has 1 aromatic carbocycles. The smallest absolute Gasteiger partial charge is 0.390 e. The quantitative estimate of drug-likeness (QED) is 0.887. The molecule has 0 radical (unpaired) electrons. The highest BCUT2D eigenvalue weighted by atomic mass is 19.4. The Balaban J connectivity index is 2.69. The minimum atomic E-state index is -4.32. The molecule has 2 atom stereocenters. The van der Waals surface area contributed by atoms with E-state index in [1.165, 1.54) is 19.2 Å². The number of aliphatic hydroxyl groups excluding tert-OH is 1. The first-order valence-corrected chi connectivity index (χ1v) is 5.21. The second-order valence-corrected chi connectivity index (χ2v) is 3.91. The standard InChI is InChI=1S/C12H15F3O2/c1-8(17-2)11(16)7-9-3-5-10(6-4-9)12(13,14)15/h3-6,8,11,16H,7H2,1-2H3. The van der Waals surface area contributed by atoms with Crippen molar-refractivity contribution in [3.05, 3.63) is 35.4 Å². The first-order chi connectivity index (χ1) is 7.84. The summed E-state index contributed by atoms with van der Waals surface area (Å²) in [5, 5.41) is 9.65. The van der Waals surface area contributed by atoms with E-state index in [1.807, 2.05) is 0 Å². The number of rotatable bonds is 4. The van der Waals surface area contributed by atoms with Crippen LogP contribution in [0, 0.1) is 0 Å². The van der Waals surface area contributed by atoms with Crippen LogP contribution in [0.5, 0.6) is 0 Å². The minimum absolute atomic E-state index is 0.271. The average Bonchev–Trinajstić information content (AvgIpc) is 2.27. The van der Waals surface area contributed by atoms with Gasteiger partial charge in [-0.2, -0.15) is 13.2 Å². The van der Waals surface area contributed by atoms with Gasteiger partial charge in [0.25, 0.3) is 0 Å². The second-order valence-electron chi connectivity index (χ2n) is 3.91. The van der Waals surface area contributed by atoms with Crippen molar-refractivity contribution in [1.82, 2.24) is 0 Å². The van der Waals surface area contributed by atoms with E-state index in [2.05, 4.69) is 0 Å². The summed E-state index contributed by atoms with van der Waals surface area (Å²) < 4.78 is 41.8. The Morgan fingerprint density at radius 1 is 1.24 bits per heavy atom. The number of ether oxygens (including phenoxy) is 1. The number of benzene rings is 1. The number of hydrogen-bond acceptors (Lipinski definition) is 2. The van der Waals surface area contributed by atoms with Gasteiger partial charge in [0.2, 0.25) is 0 Å². The van der Waals surface area contributed by atoms with Crippen LogP contribution in [0.1, 0.15) is 18.1 Å².